The van der Waals surface area contributed by atoms with Gasteiger partial charge in [0, 0.05) is 21.1 Å². The fraction of sp³-hybridized carbons (Fsp3) is 0. The van der Waals surface area contributed by atoms with E-state index in [-0.39, 0.29) is 0 Å². The number of aromatic nitrogens is 1. The summed E-state index contributed by atoms with van der Waals surface area (Å²) in [6.07, 6.45) is 3.58. The van der Waals surface area contributed by atoms with E-state index in [1.807, 2.05) is 12.3 Å². The molecule has 1 aromatic carbocycles. The number of benzene rings is 1. The van der Waals surface area contributed by atoms with E-state index in [4.69, 9.17) is 0 Å². The predicted molar refractivity (Wildman–Crippen MR) is 77.0 cm³/mol. The van der Waals surface area contributed by atoms with Gasteiger partial charge in [-0.2, -0.15) is 0 Å². The Hall–Kier alpha value is -1.39. The maximum absolute atomic E-state index is 4.13. The van der Waals surface area contributed by atoms with Gasteiger partial charge in [0.2, 0.25) is 0 Å². The third kappa shape index (κ3) is 2.33. The summed E-state index contributed by atoms with van der Waals surface area (Å²) in [5.41, 5.74) is 2.06. The molecule has 0 radical (unpaired) electrons. The number of fused-ring (bicyclic) bond motifs is 1. The molecular weight excluding hydrogens is 296 g/mol. The second-order valence-corrected chi connectivity index (χ2v) is 5.55. The van der Waals surface area contributed by atoms with Crippen LogP contribution >= 0.6 is 27.3 Å². The van der Waals surface area contributed by atoms with E-state index < -0.39 is 0 Å². The Kier molecular flexibility index (Phi) is 2.82. The van der Waals surface area contributed by atoms with Gasteiger partial charge in [-0.1, -0.05) is 0 Å². The standard InChI is InChI=1S/C13H9BrN2S/c14-10-6-12(8-15-7-10)16-11-1-2-13-9(5-11)3-4-17-13/h1-8,16H. The quantitative estimate of drug-likeness (QED) is 0.735. The molecule has 0 saturated carbocycles. The van der Waals surface area contributed by atoms with Crippen LogP contribution in [-0.4, -0.2) is 4.98 Å². The molecule has 0 aliphatic rings. The van der Waals surface area contributed by atoms with Gasteiger partial charge < -0.3 is 5.32 Å². The lowest BCUT2D eigenvalue weighted by Crippen LogP contribution is -1.90. The molecular formula is C13H9BrN2S. The number of hydrogen-bond acceptors (Lipinski definition) is 3. The summed E-state index contributed by atoms with van der Waals surface area (Å²) in [4.78, 5) is 4.13. The third-order valence-corrected chi connectivity index (χ3v) is 3.78. The van der Waals surface area contributed by atoms with Crippen molar-refractivity contribution in [2.75, 3.05) is 5.32 Å². The van der Waals surface area contributed by atoms with Crippen molar-refractivity contribution in [3.63, 3.8) is 0 Å². The first-order valence-electron chi connectivity index (χ1n) is 5.16. The van der Waals surface area contributed by atoms with Gasteiger partial charge in [-0.25, -0.2) is 0 Å². The molecule has 3 rings (SSSR count). The van der Waals surface area contributed by atoms with Crippen molar-refractivity contribution < 1.29 is 0 Å². The Balaban J connectivity index is 1.94. The highest BCUT2D eigenvalue weighted by Crippen LogP contribution is 2.26. The summed E-state index contributed by atoms with van der Waals surface area (Å²) in [5, 5.41) is 6.71. The van der Waals surface area contributed by atoms with Crippen LogP contribution in [0.25, 0.3) is 10.1 Å². The number of hydrogen-bond donors (Lipinski definition) is 1. The average molecular weight is 305 g/mol. The minimum absolute atomic E-state index is 0.971. The van der Waals surface area contributed by atoms with Crippen molar-refractivity contribution in [1.29, 1.82) is 0 Å². The molecule has 17 heavy (non-hydrogen) atoms. The number of nitrogens with one attached hydrogen (secondary N) is 1. The second kappa shape index (κ2) is 4.47. The molecule has 0 bridgehead atoms. The SMILES string of the molecule is Brc1cncc(Nc2ccc3sccc3c2)c1. The first kappa shape index (κ1) is 10.7. The highest BCUT2D eigenvalue weighted by atomic mass is 79.9. The summed E-state index contributed by atoms with van der Waals surface area (Å²) in [7, 11) is 0. The van der Waals surface area contributed by atoms with Crippen molar-refractivity contribution in [2.45, 2.75) is 0 Å². The van der Waals surface area contributed by atoms with E-state index in [2.05, 4.69) is 55.9 Å². The highest BCUT2D eigenvalue weighted by molar-refractivity contribution is 9.10. The van der Waals surface area contributed by atoms with Crippen LogP contribution in [-0.2, 0) is 0 Å². The Morgan fingerprint density at radius 3 is 2.88 bits per heavy atom. The third-order valence-electron chi connectivity index (χ3n) is 2.45. The molecule has 3 aromatic rings. The van der Waals surface area contributed by atoms with Gasteiger partial charge in [0.25, 0.3) is 0 Å². The van der Waals surface area contributed by atoms with E-state index in [1.54, 1.807) is 17.5 Å². The Labute approximate surface area is 111 Å². The number of thiophene rings is 1. The zero-order valence-corrected chi connectivity index (χ0v) is 11.3. The Bertz CT molecular complexity index is 663. The molecule has 0 saturated heterocycles. The molecule has 2 nitrogen and oxygen atoms in total. The molecule has 0 aliphatic carbocycles. The van der Waals surface area contributed by atoms with Crippen molar-refractivity contribution in [2.24, 2.45) is 0 Å². The zero-order valence-electron chi connectivity index (χ0n) is 8.85. The first-order valence-corrected chi connectivity index (χ1v) is 6.83. The van der Waals surface area contributed by atoms with E-state index in [0.29, 0.717) is 0 Å². The molecule has 2 aromatic heterocycles. The van der Waals surface area contributed by atoms with Crippen molar-refractivity contribution in [3.05, 3.63) is 52.6 Å². The van der Waals surface area contributed by atoms with Gasteiger partial charge in [-0.15, -0.1) is 11.3 Å². The molecule has 0 aliphatic heterocycles. The zero-order chi connectivity index (χ0) is 11.7. The average Bonchev–Trinajstić information content (AvgIpc) is 2.76. The van der Waals surface area contributed by atoms with Crippen molar-refractivity contribution in [1.82, 2.24) is 4.98 Å². The fourth-order valence-electron chi connectivity index (χ4n) is 1.69. The van der Waals surface area contributed by atoms with Crippen LogP contribution in [0.3, 0.4) is 0 Å². The largest absolute Gasteiger partial charge is 0.354 e. The Morgan fingerprint density at radius 2 is 2.00 bits per heavy atom. The maximum Gasteiger partial charge on any atom is 0.0582 e. The monoisotopic (exact) mass is 304 g/mol. The summed E-state index contributed by atoms with van der Waals surface area (Å²) in [6.45, 7) is 0. The van der Waals surface area contributed by atoms with Crippen LogP contribution in [0.2, 0.25) is 0 Å². The summed E-state index contributed by atoms with van der Waals surface area (Å²) >= 11 is 5.17. The number of anilines is 2. The number of pyridine rings is 1. The van der Waals surface area contributed by atoms with E-state index in [1.165, 1.54) is 10.1 Å². The molecule has 0 unspecified atom stereocenters. The molecule has 0 amide bonds. The number of nitrogens with zero attached hydrogens (tertiary/aromatic N) is 1. The number of rotatable bonds is 2. The molecule has 1 N–H and O–H groups in total. The lowest BCUT2D eigenvalue weighted by atomic mass is 10.2. The predicted octanol–water partition coefficient (Wildman–Crippen LogP) is 4.80. The first-order chi connectivity index (χ1) is 8.31. The summed E-state index contributed by atoms with van der Waals surface area (Å²) < 4.78 is 2.28. The Morgan fingerprint density at radius 1 is 1.06 bits per heavy atom. The fourth-order valence-corrected chi connectivity index (χ4v) is 2.83. The maximum atomic E-state index is 4.13. The summed E-state index contributed by atoms with van der Waals surface area (Å²) in [6, 6.07) is 10.5. The summed E-state index contributed by atoms with van der Waals surface area (Å²) in [5.74, 6) is 0. The van der Waals surface area contributed by atoms with Crippen LogP contribution in [0.15, 0.2) is 52.6 Å². The molecule has 0 fully saturated rings. The minimum Gasteiger partial charge on any atom is -0.354 e. The van der Waals surface area contributed by atoms with Gasteiger partial charge in [-0.05, 0) is 57.0 Å². The van der Waals surface area contributed by atoms with Gasteiger partial charge >= 0.3 is 0 Å². The van der Waals surface area contributed by atoms with E-state index in [9.17, 15) is 0 Å². The van der Waals surface area contributed by atoms with Crippen LogP contribution in [0.1, 0.15) is 0 Å². The van der Waals surface area contributed by atoms with Crippen LogP contribution in [0, 0.1) is 0 Å². The topological polar surface area (TPSA) is 24.9 Å². The van der Waals surface area contributed by atoms with Crippen molar-refractivity contribution >= 4 is 48.7 Å². The highest BCUT2D eigenvalue weighted by Gasteiger charge is 1.99. The lowest BCUT2D eigenvalue weighted by Gasteiger charge is -2.06. The molecule has 2 heterocycles. The second-order valence-electron chi connectivity index (χ2n) is 3.69. The smallest absolute Gasteiger partial charge is 0.0582 e. The molecule has 4 heteroatoms. The van der Waals surface area contributed by atoms with E-state index in [0.717, 1.165) is 15.8 Å². The van der Waals surface area contributed by atoms with Crippen LogP contribution < -0.4 is 5.32 Å². The van der Waals surface area contributed by atoms with Gasteiger partial charge in [0.1, 0.15) is 0 Å². The van der Waals surface area contributed by atoms with E-state index >= 15 is 0 Å². The van der Waals surface area contributed by atoms with Crippen molar-refractivity contribution in [3.8, 4) is 0 Å². The minimum atomic E-state index is 0.971. The number of halogens is 1. The van der Waals surface area contributed by atoms with Gasteiger partial charge in [0.05, 0.1) is 11.9 Å². The lowest BCUT2D eigenvalue weighted by molar-refractivity contribution is 1.30. The molecule has 0 atom stereocenters. The van der Waals surface area contributed by atoms with Crippen LogP contribution in [0.5, 0.6) is 0 Å². The molecule has 0 spiro atoms. The van der Waals surface area contributed by atoms with Gasteiger partial charge in [0.15, 0.2) is 0 Å². The normalized spacial score (nSPS) is 10.6. The van der Waals surface area contributed by atoms with Crippen LogP contribution in [0.4, 0.5) is 11.4 Å². The molecule has 84 valence electrons. The van der Waals surface area contributed by atoms with Gasteiger partial charge in [-0.3, -0.25) is 4.98 Å².